The van der Waals surface area contributed by atoms with Gasteiger partial charge in [-0.1, -0.05) is 12.1 Å². The molecule has 7 heteroatoms. The van der Waals surface area contributed by atoms with E-state index in [1.165, 1.54) is 31.5 Å². The number of halogens is 2. The zero-order valence-corrected chi connectivity index (χ0v) is 15.4. The van der Waals surface area contributed by atoms with Gasteiger partial charge >= 0.3 is 0 Å². The summed E-state index contributed by atoms with van der Waals surface area (Å²) < 4.78 is 0. The summed E-state index contributed by atoms with van der Waals surface area (Å²) in [6.45, 7) is 4.08. The summed E-state index contributed by atoms with van der Waals surface area (Å²) in [4.78, 5) is 14.6. The largest absolute Gasteiger partial charge is 0.392 e. The molecule has 1 amide bonds. The first-order valence-electron chi connectivity index (χ1n) is 8.24. The maximum Gasteiger partial charge on any atom is 0.241 e. The first-order valence-corrected chi connectivity index (χ1v) is 8.24. The number of hydrogen-bond acceptors (Lipinski definition) is 4. The standard InChI is InChI=1S/C17H25N3O2.2ClH/c21-15-11-16(18-12-15)17(22)19-14-5-3-13(4-6-14)7-10-20-8-1-2-9-20;;/h3-6,15-16,18,21H,1-2,7-12H2,(H,19,22);2*1H. The van der Waals surface area contributed by atoms with E-state index in [0.717, 1.165) is 18.7 Å². The van der Waals surface area contributed by atoms with Gasteiger partial charge in [0.2, 0.25) is 5.91 Å². The monoisotopic (exact) mass is 375 g/mol. The van der Waals surface area contributed by atoms with Crippen LogP contribution in [-0.4, -0.2) is 54.2 Å². The van der Waals surface area contributed by atoms with Crippen LogP contribution in [0.15, 0.2) is 24.3 Å². The molecule has 2 fully saturated rings. The van der Waals surface area contributed by atoms with E-state index in [1.807, 2.05) is 12.1 Å². The highest BCUT2D eigenvalue weighted by Gasteiger charge is 2.27. The molecule has 5 nitrogen and oxygen atoms in total. The molecule has 136 valence electrons. The molecule has 0 spiro atoms. The summed E-state index contributed by atoms with van der Waals surface area (Å²) >= 11 is 0. The number of β-amino-alcohol motifs (C(OH)–C–C–N with tert-alkyl or cyclic N) is 1. The van der Waals surface area contributed by atoms with Gasteiger partial charge in [-0.2, -0.15) is 0 Å². The Morgan fingerprint density at radius 2 is 1.88 bits per heavy atom. The van der Waals surface area contributed by atoms with Crippen molar-refractivity contribution in [1.82, 2.24) is 10.2 Å². The van der Waals surface area contributed by atoms with Gasteiger partial charge in [-0.05, 0) is 56.5 Å². The van der Waals surface area contributed by atoms with Crippen molar-refractivity contribution in [1.29, 1.82) is 0 Å². The number of anilines is 1. The summed E-state index contributed by atoms with van der Waals surface area (Å²) in [7, 11) is 0. The fourth-order valence-corrected chi connectivity index (χ4v) is 3.19. The second-order valence-electron chi connectivity index (χ2n) is 6.34. The maximum atomic E-state index is 12.1. The number of amides is 1. The third-order valence-corrected chi connectivity index (χ3v) is 4.56. The molecule has 0 saturated carbocycles. The van der Waals surface area contributed by atoms with Crippen molar-refractivity contribution < 1.29 is 9.90 Å². The van der Waals surface area contributed by atoms with Crippen LogP contribution < -0.4 is 10.6 Å². The number of aliphatic hydroxyl groups is 1. The van der Waals surface area contributed by atoms with E-state index in [-0.39, 0.29) is 36.8 Å². The molecular formula is C17H27Cl2N3O2. The Morgan fingerprint density at radius 3 is 2.46 bits per heavy atom. The molecule has 2 atom stereocenters. The van der Waals surface area contributed by atoms with Crippen molar-refractivity contribution in [3.63, 3.8) is 0 Å². The summed E-state index contributed by atoms with van der Waals surface area (Å²) in [6, 6.07) is 7.81. The van der Waals surface area contributed by atoms with E-state index in [2.05, 4.69) is 27.7 Å². The van der Waals surface area contributed by atoms with E-state index < -0.39 is 6.10 Å². The predicted molar refractivity (Wildman–Crippen MR) is 101 cm³/mol. The van der Waals surface area contributed by atoms with Crippen molar-refractivity contribution >= 4 is 36.4 Å². The third kappa shape index (κ3) is 5.90. The van der Waals surface area contributed by atoms with Crippen LogP contribution >= 0.6 is 24.8 Å². The lowest BCUT2D eigenvalue weighted by molar-refractivity contribution is -0.117. The predicted octanol–water partition coefficient (Wildman–Crippen LogP) is 1.83. The lowest BCUT2D eigenvalue weighted by Crippen LogP contribution is -2.35. The van der Waals surface area contributed by atoms with Crippen LogP contribution in [0.1, 0.15) is 24.8 Å². The van der Waals surface area contributed by atoms with Gasteiger partial charge < -0.3 is 20.6 Å². The maximum absolute atomic E-state index is 12.1. The van der Waals surface area contributed by atoms with Gasteiger partial charge in [0.25, 0.3) is 0 Å². The molecule has 3 N–H and O–H groups in total. The Labute approximate surface area is 156 Å². The Bertz CT molecular complexity index is 507. The van der Waals surface area contributed by atoms with E-state index in [9.17, 15) is 9.90 Å². The lowest BCUT2D eigenvalue weighted by Gasteiger charge is -2.14. The number of aliphatic hydroxyl groups excluding tert-OH is 1. The number of likely N-dealkylation sites (tertiary alicyclic amines) is 1. The van der Waals surface area contributed by atoms with Gasteiger partial charge in [-0.15, -0.1) is 24.8 Å². The molecule has 24 heavy (non-hydrogen) atoms. The molecule has 2 aliphatic heterocycles. The average molecular weight is 376 g/mol. The van der Waals surface area contributed by atoms with Crippen molar-refractivity contribution in [2.45, 2.75) is 37.8 Å². The smallest absolute Gasteiger partial charge is 0.241 e. The quantitative estimate of drug-likeness (QED) is 0.734. The van der Waals surface area contributed by atoms with Gasteiger partial charge in [0.05, 0.1) is 12.1 Å². The van der Waals surface area contributed by atoms with Crippen LogP contribution in [0, 0.1) is 0 Å². The Balaban J connectivity index is 0.00000144. The number of carbonyl (C=O) groups excluding carboxylic acids is 1. The minimum Gasteiger partial charge on any atom is -0.392 e. The van der Waals surface area contributed by atoms with Crippen molar-refractivity contribution in [2.24, 2.45) is 0 Å². The number of rotatable bonds is 5. The third-order valence-electron chi connectivity index (χ3n) is 4.56. The fraction of sp³-hybridized carbons (Fsp3) is 0.588. The number of benzene rings is 1. The van der Waals surface area contributed by atoms with E-state index in [1.54, 1.807) is 0 Å². The topological polar surface area (TPSA) is 64.6 Å². The summed E-state index contributed by atoms with van der Waals surface area (Å²) in [5.41, 5.74) is 2.12. The molecule has 0 aromatic heterocycles. The molecule has 2 saturated heterocycles. The molecule has 1 aromatic rings. The van der Waals surface area contributed by atoms with Crippen LogP contribution in [0.5, 0.6) is 0 Å². The molecule has 0 aliphatic carbocycles. The first kappa shape index (κ1) is 21.2. The van der Waals surface area contributed by atoms with E-state index in [0.29, 0.717) is 13.0 Å². The molecule has 2 unspecified atom stereocenters. The van der Waals surface area contributed by atoms with Gasteiger partial charge in [-0.3, -0.25) is 4.79 Å². The summed E-state index contributed by atoms with van der Waals surface area (Å²) in [5, 5.41) is 15.4. The second kappa shape index (κ2) is 10.2. The highest BCUT2D eigenvalue weighted by molar-refractivity contribution is 5.95. The molecular weight excluding hydrogens is 349 g/mol. The molecule has 1 aromatic carbocycles. The highest BCUT2D eigenvalue weighted by atomic mass is 35.5. The normalized spacial score (nSPS) is 23.4. The lowest BCUT2D eigenvalue weighted by atomic mass is 10.1. The summed E-state index contributed by atoms with van der Waals surface area (Å²) in [6.07, 6.45) is 3.79. The Morgan fingerprint density at radius 1 is 1.21 bits per heavy atom. The van der Waals surface area contributed by atoms with Crippen molar-refractivity contribution in [3.05, 3.63) is 29.8 Å². The zero-order valence-electron chi connectivity index (χ0n) is 13.7. The zero-order chi connectivity index (χ0) is 15.4. The second-order valence-corrected chi connectivity index (χ2v) is 6.34. The van der Waals surface area contributed by atoms with Crippen LogP contribution in [0.2, 0.25) is 0 Å². The SMILES string of the molecule is Cl.Cl.O=C(Nc1ccc(CCN2CCCC2)cc1)C1CC(O)CN1. The van der Waals surface area contributed by atoms with Crippen LogP contribution in [0.25, 0.3) is 0 Å². The van der Waals surface area contributed by atoms with E-state index in [4.69, 9.17) is 0 Å². The van der Waals surface area contributed by atoms with Gasteiger partial charge in [0.1, 0.15) is 0 Å². The number of nitrogens with one attached hydrogen (secondary N) is 2. The van der Waals surface area contributed by atoms with Crippen LogP contribution in [0.4, 0.5) is 5.69 Å². The minimum atomic E-state index is -0.413. The van der Waals surface area contributed by atoms with Crippen LogP contribution in [0.3, 0.4) is 0 Å². The molecule has 2 heterocycles. The number of carbonyl (C=O) groups is 1. The molecule has 3 rings (SSSR count). The number of nitrogens with zero attached hydrogens (tertiary/aromatic N) is 1. The Kier molecular flexibility index (Phi) is 9.02. The molecule has 2 aliphatic rings. The first-order chi connectivity index (χ1) is 10.7. The summed E-state index contributed by atoms with van der Waals surface area (Å²) in [5.74, 6) is -0.0682. The highest BCUT2D eigenvalue weighted by Crippen LogP contribution is 2.14. The van der Waals surface area contributed by atoms with Crippen molar-refractivity contribution in [2.75, 3.05) is 31.5 Å². The minimum absolute atomic E-state index is 0. The van der Waals surface area contributed by atoms with Gasteiger partial charge in [0.15, 0.2) is 0 Å². The average Bonchev–Trinajstić information content (AvgIpc) is 3.18. The number of hydrogen-bond donors (Lipinski definition) is 3. The van der Waals surface area contributed by atoms with E-state index >= 15 is 0 Å². The van der Waals surface area contributed by atoms with Gasteiger partial charge in [-0.25, -0.2) is 0 Å². The van der Waals surface area contributed by atoms with Gasteiger partial charge in [0, 0.05) is 18.8 Å². The Hall–Kier alpha value is -0.850. The van der Waals surface area contributed by atoms with Crippen LogP contribution in [-0.2, 0) is 11.2 Å². The molecule has 0 bridgehead atoms. The fourth-order valence-electron chi connectivity index (χ4n) is 3.19. The molecule has 0 radical (unpaired) electrons. The van der Waals surface area contributed by atoms with Crippen molar-refractivity contribution in [3.8, 4) is 0 Å².